The zero-order valence-corrected chi connectivity index (χ0v) is 9.77. The molecule has 0 saturated carbocycles. The van der Waals surface area contributed by atoms with E-state index in [1.54, 1.807) is 0 Å². The Balaban J connectivity index is 2.30. The summed E-state index contributed by atoms with van der Waals surface area (Å²) in [5.41, 5.74) is 4.65. The Morgan fingerprint density at radius 2 is 1.76 bits per heavy atom. The Morgan fingerprint density at radius 1 is 1.00 bits per heavy atom. The summed E-state index contributed by atoms with van der Waals surface area (Å²) in [5.74, 6) is -0.858. The quantitative estimate of drug-likeness (QED) is 0.544. The highest BCUT2D eigenvalue weighted by Crippen LogP contribution is 2.39. The molecule has 2 aromatic rings. The summed E-state index contributed by atoms with van der Waals surface area (Å²) in [4.78, 5) is 0. The lowest BCUT2D eigenvalue weighted by atomic mass is 10.0. The van der Waals surface area contributed by atoms with E-state index in [0.29, 0.717) is 17.5 Å². The second-order valence-electron chi connectivity index (χ2n) is 4.66. The Kier molecular flexibility index (Phi) is 2.09. The fourth-order valence-corrected chi connectivity index (χ4v) is 2.51. The minimum absolute atomic E-state index is 0.119. The molecule has 0 atom stereocenters. The van der Waals surface area contributed by atoms with Gasteiger partial charge in [-0.3, -0.25) is 0 Å². The van der Waals surface area contributed by atoms with Crippen LogP contribution in [-0.4, -0.2) is 0 Å². The largest absolute Gasteiger partial charge is 0.207 e. The van der Waals surface area contributed by atoms with E-state index in [2.05, 4.69) is 0 Å². The van der Waals surface area contributed by atoms with Crippen molar-refractivity contribution in [2.45, 2.75) is 20.3 Å². The number of benzene rings is 2. The van der Waals surface area contributed by atoms with Crippen LogP contribution in [0.15, 0.2) is 24.3 Å². The Bertz CT molecular complexity index is 627. The van der Waals surface area contributed by atoms with Gasteiger partial charge in [0.1, 0.15) is 11.6 Å². The SMILES string of the molecule is Cc1ccc2c(c1)Cc1c-2cc(F)c(C)c1F. The summed E-state index contributed by atoms with van der Waals surface area (Å²) < 4.78 is 27.6. The number of hydrogen-bond acceptors (Lipinski definition) is 0. The topological polar surface area (TPSA) is 0 Å². The molecule has 0 aromatic heterocycles. The predicted molar refractivity (Wildman–Crippen MR) is 64.1 cm³/mol. The first-order chi connectivity index (χ1) is 8.08. The summed E-state index contributed by atoms with van der Waals surface area (Å²) in [6, 6.07) is 7.42. The number of rotatable bonds is 0. The maximum absolute atomic E-state index is 14.0. The minimum Gasteiger partial charge on any atom is -0.207 e. The third-order valence-corrected chi connectivity index (χ3v) is 3.47. The average Bonchev–Trinajstić information content (AvgIpc) is 2.64. The molecule has 86 valence electrons. The number of halogens is 2. The monoisotopic (exact) mass is 230 g/mol. The summed E-state index contributed by atoms with van der Waals surface area (Å²) in [7, 11) is 0. The van der Waals surface area contributed by atoms with Crippen molar-refractivity contribution in [1.29, 1.82) is 0 Å². The lowest BCUT2D eigenvalue weighted by Gasteiger charge is -2.06. The van der Waals surface area contributed by atoms with Crippen molar-refractivity contribution in [3.8, 4) is 11.1 Å². The van der Waals surface area contributed by atoms with Crippen molar-refractivity contribution in [3.63, 3.8) is 0 Å². The van der Waals surface area contributed by atoms with Crippen molar-refractivity contribution in [2.75, 3.05) is 0 Å². The van der Waals surface area contributed by atoms with Gasteiger partial charge in [-0.25, -0.2) is 8.78 Å². The van der Waals surface area contributed by atoms with E-state index in [1.165, 1.54) is 13.0 Å². The van der Waals surface area contributed by atoms with Gasteiger partial charge in [0.15, 0.2) is 0 Å². The molecular formula is C15H12F2. The summed E-state index contributed by atoms with van der Waals surface area (Å²) >= 11 is 0. The molecule has 2 heteroatoms. The van der Waals surface area contributed by atoms with E-state index in [-0.39, 0.29) is 5.56 Å². The fourth-order valence-electron chi connectivity index (χ4n) is 2.51. The minimum atomic E-state index is -0.463. The molecule has 0 nitrogen and oxygen atoms in total. The van der Waals surface area contributed by atoms with Gasteiger partial charge in [-0.2, -0.15) is 0 Å². The lowest BCUT2D eigenvalue weighted by molar-refractivity contribution is 0.562. The first kappa shape index (κ1) is 10.5. The molecule has 1 aliphatic rings. The maximum Gasteiger partial charge on any atom is 0.133 e. The molecule has 1 aliphatic carbocycles. The molecule has 0 N–H and O–H groups in total. The Labute approximate surface area is 98.9 Å². The number of hydrogen-bond donors (Lipinski definition) is 0. The van der Waals surface area contributed by atoms with E-state index < -0.39 is 11.6 Å². The normalized spacial score (nSPS) is 12.5. The standard InChI is InChI=1S/C15H12F2/c1-8-3-4-11-10(5-8)6-13-12(11)7-14(16)9(2)15(13)17/h3-5,7H,6H2,1-2H3. The third kappa shape index (κ3) is 1.40. The van der Waals surface area contributed by atoms with Gasteiger partial charge in [-0.1, -0.05) is 23.8 Å². The smallest absolute Gasteiger partial charge is 0.133 e. The van der Waals surface area contributed by atoms with Crippen LogP contribution in [0.5, 0.6) is 0 Å². The van der Waals surface area contributed by atoms with Crippen molar-refractivity contribution < 1.29 is 8.78 Å². The van der Waals surface area contributed by atoms with Crippen LogP contribution in [0.4, 0.5) is 8.78 Å². The highest BCUT2D eigenvalue weighted by Gasteiger charge is 2.24. The molecule has 0 saturated heterocycles. The summed E-state index contributed by atoms with van der Waals surface area (Å²) in [6.07, 6.45) is 0.569. The zero-order chi connectivity index (χ0) is 12.2. The molecule has 0 heterocycles. The van der Waals surface area contributed by atoms with Crippen molar-refractivity contribution in [1.82, 2.24) is 0 Å². The van der Waals surface area contributed by atoms with Gasteiger partial charge in [0.25, 0.3) is 0 Å². The third-order valence-electron chi connectivity index (χ3n) is 3.47. The van der Waals surface area contributed by atoms with Gasteiger partial charge in [-0.05, 0) is 36.6 Å². The van der Waals surface area contributed by atoms with Crippen LogP contribution in [0, 0.1) is 25.5 Å². The predicted octanol–water partition coefficient (Wildman–Crippen LogP) is 4.15. The van der Waals surface area contributed by atoms with Crippen LogP contribution in [-0.2, 0) is 6.42 Å². The molecule has 0 amide bonds. The van der Waals surface area contributed by atoms with Crippen LogP contribution in [0.25, 0.3) is 11.1 Å². The number of aryl methyl sites for hydroxylation is 1. The van der Waals surface area contributed by atoms with Gasteiger partial charge in [-0.15, -0.1) is 0 Å². The molecule has 17 heavy (non-hydrogen) atoms. The molecule has 0 aliphatic heterocycles. The van der Waals surface area contributed by atoms with Crippen molar-refractivity contribution >= 4 is 0 Å². The summed E-state index contributed by atoms with van der Waals surface area (Å²) in [5, 5.41) is 0. The molecule has 0 fully saturated rings. The molecule has 3 rings (SSSR count). The molecule has 0 radical (unpaired) electrons. The van der Waals surface area contributed by atoms with Gasteiger partial charge >= 0.3 is 0 Å². The molecular weight excluding hydrogens is 218 g/mol. The second kappa shape index (κ2) is 3.39. The highest BCUT2D eigenvalue weighted by atomic mass is 19.1. The first-order valence-electron chi connectivity index (χ1n) is 5.65. The fraction of sp³-hybridized carbons (Fsp3) is 0.200. The molecule has 0 spiro atoms. The van der Waals surface area contributed by atoms with Crippen LogP contribution in [0.3, 0.4) is 0 Å². The van der Waals surface area contributed by atoms with E-state index in [4.69, 9.17) is 0 Å². The number of fused-ring (bicyclic) bond motifs is 3. The van der Waals surface area contributed by atoms with Gasteiger partial charge < -0.3 is 0 Å². The maximum atomic E-state index is 14.0. The van der Waals surface area contributed by atoms with E-state index in [9.17, 15) is 8.78 Å². The van der Waals surface area contributed by atoms with Crippen LogP contribution in [0.1, 0.15) is 22.3 Å². The van der Waals surface area contributed by atoms with E-state index in [0.717, 1.165) is 16.7 Å². The van der Waals surface area contributed by atoms with Gasteiger partial charge in [0, 0.05) is 17.5 Å². The summed E-state index contributed by atoms with van der Waals surface area (Å²) in [6.45, 7) is 3.49. The van der Waals surface area contributed by atoms with E-state index >= 15 is 0 Å². The first-order valence-corrected chi connectivity index (χ1v) is 5.65. The van der Waals surface area contributed by atoms with Crippen LogP contribution >= 0.6 is 0 Å². The average molecular weight is 230 g/mol. The second-order valence-corrected chi connectivity index (χ2v) is 4.66. The van der Waals surface area contributed by atoms with Crippen molar-refractivity contribution in [2.24, 2.45) is 0 Å². The molecule has 2 aromatic carbocycles. The molecule has 0 bridgehead atoms. The Hall–Kier alpha value is -1.70. The van der Waals surface area contributed by atoms with Crippen LogP contribution in [0.2, 0.25) is 0 Å². The van der Waals surface area contributed by atoms with Gasteiger partial charge in [0.2, 0.25) is 0 Å². The Morgan fingerprint density at radius 3 is 2.53 bits per heavy atom. The van der Waals surface area contributed by atoms with Crippen molar-refractivity contribution in [3.05, 3.63) is 58.2 Å². The highest BCUT2D eigenvalue weighted by molar-refractivity contribution is 5.77. The zero-order valence-electron chi connectivity index (χ0n) is 9.77. The molecule has 0 unspecified atom stereocenters. The van der Waals surface area contributed by atoms with E-state index in [1.807, 2.05) is 25.1 Å². The van der Waals surface area contributed by atoms with Crippen LogP contribution < -0.4 is 0 Å². The van der Waals surface area contributed by atoms with Gasteiger partial charge in [0.05, 0.1) is 0 Å². The lowest BCUT2D eigenvalue weighted by Crippen LogP contribution is -1.95.